The van der Waals surface area contributed by atoms with Crippen molar-refractivity contribution in [3.05, 3.63) is 52.7 Å². The van der Waals surface area contributed by atoms with Gasteiger partial charge in [-0.2, -0.15) is 9.67 Å². The summed E-state index contributed by atoms with van der Waals surface area (Å²) in [5.74, 6) is 0.987. The minimum atomic E-state index is -0.192. The summed E-state index contributed by atoms with van der Waals surface area (Å²) >= 11 is 3.45. The molecule has 7 heteroatoms. The van der Waals surface area contributed by atoms with Crippen LogP contribution in [-0.2, 0) is 6.54 Å². The molecule has 0 atom stereocenters. The van der Waals surface area contributed by atoms with Crippen LogP contribution in [0.15, 0.2) is 51.6 Å². The minimum Gasteiger partial charge on any atom is -0.461 e. The van der Waals surface area contributed by atoms with E-state index in [4.69, 9.17) is 4.42 Å². The van der Waals surface area contributed by atoms with Crippen LogP contribution in [0.25, 0.3) is 11.6 Å². The first kappa shape index (κ1) is 16.4. The summed E-state index contributed by atoms with van der Waals surface area (Å²) in [5.41, 5.74) is 1.07. The van der Waals surface area contributed by atoms with Gasteiger partial charge in [0.05, 0.1) is 6.26 Å². The van der Waals surface area contributed by atoms with E-state index in [0.29, 0.717) is 24.1 Å². The lowest BCUT2D eigenvalue weighted by Crippen LogP contribution is -2.21. The molecule has 124 valence electrons. The molecule has 0 radical (unpaired) electrons. The van der Waals surface area contributed by atoms with Crippen LogP contribution < -0.4 is 5.32 Å². The average molecular weight is 389 g/mol. The molecule has 3 rings (SSSR count). The van der Waals surface area contributed by atoms with E-state index in [2.05, 4.69) is 31.3 Å². The van der Waals surface area contributed by atoms with E-state index in [1.807, 2.05) is 38.1 Å². The molecule has 1 aromatic carbocycles. The Bertz CT molecular complexity index is 840. The summed E-state index contributed by atoms with van der Waals surface area (Å²) in [7, 11) is 0. The number of nitrogens with zero attached hydrogens (tertiary/aromatic N) is 3. The van der Waals surface area contributed by atoms with E-state index in [0.717, 1.165) is 10.0 Å². The van der Waals surface area contributed by atoms with Crippen molar-refractivity contribution < 1.29 is 9.21 Å². The number of hydrogen-bond acceptors (Lipinski definition) is 5. The third kappa shape index (κ3) is 3.56. The number of anilines is 1. The Morgan fingerprint density at radius 3 is 2.83 bits per heavy atom. The highest BCUT2D eigenvalue weighted by atomic mass is 79.9. The highest BCUT2D eigenvalue weighted by molar-refractivity contribution is 9.10. The molecular weight excluding hydrogens is 372 g/mol. The molecule has 2 aromatic heterocycles. The maximum Gasteiger partial charge on any atom is 0.252 e. The van der Waals surface area contributed by atoms with Crippen molar-refractivity contribution in [3.63, 3.8) is 0 Å². The lowest BCUT2D eigenvalue weighted by Gasteiger charge is -2.09. The SMILES string of the molecule is CC(C)C(=O)n1nc(-c2ccco2)nc1NCc1cccc(Br)c1. The molecule has 0 unspecified atom stereocenters. The van der Waals surface area contributed by atoms with Crippen molar-refractivity contribution in [1.29, 1.82) is 0 Å². The molecule has 0 spiro atoms. The maximum absolute atomic E-state index is 12.4. The number of hydrogen-bond donors (Lipinski definition) is 1. The van der Waals surface area contributed by atoms with Gasteiger partial charge in [-0.1, -0.05) is 41.9 Å². The lowest BCUT2D eigenvalue weighted by atomic mass is 10.2. The van der Waals surface area contributed by atoms with Crippen molar-refractivity contribution in [3.8, 4) is 11.6 Å². The minimum absolute atomic E-state index is 0.128. The standard InChI is InChI=1S/C17H17BrN4O2/c1-11(2)16(23)22-17(19-10-12-5-3-6-13(18)9-12)20-15(21-22)14-7-4-8-24-14/h3-9,11H,10H2,1-2H3,(H,19,20,21). The van der Waals surface area contributed by atoms with Crippen LogP contribution in [-0.4, -0.2) is 20.7 Å². The van der Waals surface area contributed by atoms with Crippen LogP contribution in [0.5, 0.6) is 0 Å². The zero-order chi connectivity index (χ0) is 17.1. The number of rotatable bonds is 5. The monoisotopic (exact) mass is 388 g/mol. The Labute approximate surface area is 148 Å². The topological polar surface area (TPSA) is 73.0 Å². The quantitative estimate of drug-likeness (QED) is 0.708. The van der Waals surface area contributed by atoms with Crippen molar-refractivity contribution in [2.24, 2.45) is 5.92 Å². The number of furan rings is 1. The van der Waals surface area contributed by atoms with Crippen LogP contribution in [0.4, 0.5) is 5.95 Å². The van der Waals surface area contributed by atoms with Gasteiger partial charge in [0, 0.05) is 16.9 Å². The molecule has 2 heterocycles. The summed E-state index contributed by atoms with van der Waals surface area (Å²) in [6.07, 6.45) is 1.55. The molecule has 0 fully saturated rings. The Balaban J connectivity index is 1.88. The number of benzene rings is 1. The fraction of sp³-hybridized carbons (Fsp3) is 0.235. The van der Waals surface area contributed by atoms with Crippen LogP contribution in [0.2, 0.25) is 0 Å². The summed E-state index contributed by atoms with van der Waals surface area (Å²) in [6.45, 7) is 4.18. The molecule has 0 aliphatic carbocycles. The number of carbonyl (C=O) groups is 1. The molecule has 6 nitrogen and oxygen atoms in total. The molecule has 3 aromatic rings. The van der Waals surface area contributed by atoms with Crippen LogP contribution in [0.1, 0.15) is 24.2 Å². The molecule has 0 aliphatic rings. The summed E-state index contributed by atoms with van der Waals surface area (Å²) in [6, 6.07) is 11.4. The first-order valence-electron chi connectivity index (χ1n) is 7.58. The van der Waals surface area contributed by atoms with E-state index < -0.39 is 0 Å². The van der Waals surface area contributed by atoms with Gasteiger partial charge in [-0.05, 0) is 29.8 Å². The van der Waals surface area contributed by atoms with Gasteiger partial charge in [-0.25, -0.2) is 0 Å². The van der Waals surface area contributed by atoms with E-state index in [-0.39, 0.29) is 11.8 Å². The van der Waals surface area contributed by atoms with Crippen LogP contribution >= 0.6 is 15.9 Å². The summed E-state index contributed by atoms with van der Waals surface area (Å²) in [4.78, 5) is 16.8. The van der Waals surface area contributed by atoms with E-state index >= 15 is 0 Å². The predicted octanol–water partition coefficient (Wildman–Crippen LogP) is 4.21. The van der Waals surface area contributed by atoms with Gasteiger partial charge in [-0.3, -0.25) is 4.79 Å². The van der Waals surface area contributed by atoms with Gasteiger partial charge in [-0.15, -0.1) is 5.10 Å². The smallest absolute Gasteiger partial charge is 0.252 e. The highest BCUT2D eigenvalue weighted by Gasteiger charge is 2.20. The fourth-order valence-electron chi connectivity index (χ4n) is 2.16. The third-order valence-electron chi connectivity index (χ3n) is 3.39. The zero-order valence-corrected chi connectivity index (χ0v) is 14.9. The molecule has 0 bridgehead atoms. The van der Waals surface area contributed by atoms with Crippen molar-refractivity contribution in [2.45, 2.75) is 20.4 Å². The Morgan fingerprint density at radius 1 is 1.33 bits per heavy atom. The lowest BCUT2D eigenvalue weighted by molar-refractivity contribution is 0.0841. The Hall–Kier alpha value is -2.41. The third-order valence-corrected chi connectivity index (χ3v) is 3.88. The summed E-state index contributed by atoms with van der Waals surface area (Å²) in [5, 5.41) is 7.48. The fourth-order valence-corrected chi connectivity index (χ4v) is 2.61. The number of carbonyl (C=O) groups excluding carboxylic acids is 1. The molecule has 0 amide bonds. The second-order valence-electron chi connectivity index (χ2n) is 5.62. The van der Waals surface area contributed by atoms with Gasteiger partial charge in [0.2, 0.25) is 11.8 Å². The van der Waals surface area contributed by atoms with Crippen LogP contribution in [0.3, 0.4) is 0 Å². The van der Waals surface area contributed by atoms with Gasteiger partial charge in [0.1, 0.15) is 0 Å². The molecule has 0 saturated carbocycles. The van der Waals surface area contributed by atoms with Gasteiger partial charge < -0.3 is 9.73 Å². The maximum atomic E-state index is 12.4. The largest absolute Gasteiger partial charge is 0.461 e. The van der Waals surface area contributed by atoms with Crippen LogP contribution in [0, 0.1) is 5.92 Å². The van der Waals surface area contributed by atoms with Crippen molar-refractivity contribution >= 4 is 27.8 Å². The predicted molar refractivity (Wildman–Crippen MR) is 94.7 cm³/mol. The van der Waals surface area contributed by atoms with Crippen molar-refractivity contribution in [2.75, 3.05) is 5.32 Å². The number of halogens is 1. The molecule has 1 N–H and O–H groups in total. The molecule has 24 heavy (non-hydrogen) atoms. The normalized spacial score (nSPS) is 11.0. The first-order chi connectivity index (χ1) is 11.5. The Morgan fingerprint density at radius 2 is 2.17 bits per heavy atom. The highest BCUT2D eigenvalue weighted by Crippen LogP contribution is 2.20. The summed E-state index contributed by atoms with van der Waals surface area (Å²) < 4.78 is 7.63. The van der Waals surface area contributed by atoms with E-state index in [9.17, 15) is 4.79 Å². The van der Waals surface area contributed by atoms with E-state index in [1.54, 1.807) is 18.4 Å². The Kier molecular flexibility index (Phi) is 4.80. The molecular formula is C17H17BrN4O2. The molecule has 0 aliphatic heterocycles. The van der Waals surface area contributed by atoms with Gasteiger partial charge in [0.25, 0.3) is 5.91 Å². The number of aromatic nitrogens is 3. The average Bonchev–Trinajstić information content (AvgIpc) is 3.21. The molecule has 0 saturated heterocycles. The van der Waals surface area contributed by atoms with E-state index in [1.165, 1.54) is 4.68 Å². The second-order valence-corrected chi connectivity index (χ2v) is 6.54. The van der Waals surface area contributed by atoms with Gasteiger partial charge in [0.15, 0.2) is 5.76 Å². The zero-order valence-electron chi connectivity index (χ0n) is 13.4. The van der Waals surface area contributed by atoms with Gasteiger partial charge >= 0.3 is 0 Å². The second kappa shape index (κ2) is 7.00. The first-order valence-corrected chi connectivity index (χ1v) is 8.37. The number of nitrogens with one attached hydrogen (secondary N) is 1. The van der Waals surface area contributed by atoms with Crippen molar-refractivity contribution in [1.82, 2.24) is 14.8 Å².